The number of nitrogens with one attached hydrogen (secondary N) is 1. The third kappa shape index (κ3) is 2.97. The Morgan fingerprint density at radius 1 is 1.33 bits per heavy atom. The molecule has 6 nitrogen and oxygen atoms in total. The summed E-state index contributed by atoms with van der Waals surface area (Å²) in [5.74, 6) is -1.30. The maximum absolute atomic E-state index is 13.1. The Bertz CT molecular complexity index is 731. The number of hydrogen-bond acceptors (Lipinski definition) is 4. The summed E-state index contributed by atoms with van der Waals surface area (Å²) < 4.78 is 13.1. The summed E-state index contributed by atoms with van der Waals surface area (Å²) in [4.78, 5) is 22.3. The Labute approximate surface area is 119 Å². The van der Waals surface area contributed by atoms with E-state index in [9.17, 15) is 19.3 Å². The minimum atomic E-state index is -0.759. The molecule has 2 aromatic rings. The molecule has 0 radical (unpaired) electrons. The Hall–Kier alpha value is -2.96. The number of nitrogens with zero attached hydrogens (tertiary/aromatic N) is 1. The van der Waals surface area contributed by atoms with Crippen LogP contribution in [0.25, 0.3) is 0 Å². The number of benzene rings is 2. The molecule has 1 amide bonds. The molecule has 7 heteroatoms. The predicted molar refractivity (Wildman–Crippen MR) is 76.6 cm³/mol. The number of nitrogens with two attached hydrogens (primary N) is 1. The van der Waals surface area contributed by atoms with Gasteiger partial charge in [-0.2, -0.15) is 0 Å². The van der Waals surface area contributed by atoms with E-state index < -0.39 is 22.3 Å². The monoisotopic (exact) mass is 289 g/mol. The smallest absolute Gasteiger partial charge is 0.295 e. The Morgan fingerprint density at radius 3 is 2.71 bits per heavy atom. The molecule has 0 spiro atoms. The molecular formula is C14H12FN3O3. The molecule has 0 saturated carbocycles. The van der Waals surface area contributed by atoms with E-state index in [2.05, 4.69) is 5.32 Å². The van der Waals surface area contributed by atoms with Crippen molar-refractivity contribution >= 4 is 23.0 Å². The molecular weight excluding hydrogens is 277 g/mol. The number of nitrogen functional groups attached to an aromatic ring is 1. The molecule has 0 atom stereocenters. The van der Waals surface area contributed by atoms with Crippen molar-refractivity contribution in [2.75, 3.05) is 11.1 Å². The zero-order valence-electron chi connectivity index (χ0n) is 11.1. The quantitative estimate of drug-likeness (QED) is 0.515. The van der Waals surface area contributed by atoms with E-state index in [1.807, 2.05) is 0 Å². The van der Waals surface area contributed by atoms with Crippen molar-refractivity contribution in [1.82, 2.24) is 0 Å². The number of carbonyl (C=O) groups excluding carboxylic acids is 1. The molecule has 0 fully saturated rings. The SMILES string of the molecule is Cc1c(N)cccc1C(=O)Nc1ccc(F)cc1[N+](=O)[O-]. The fourth-order valence-corrected chi connectivity index (χ4v) is 1.85. The predicted octanol–water partition coefficient (Wildman–Crippen LogP) is 2.88. The highest BCUT2D eigenvalue weighted by Gasteiger charge is 2.18. The van der Waals surface area contributed by atoms with Crippen LogP contribution in [0.1, 0.15) is 15.9 Å². The molecule has 108 valence electrons. The zero-order valence-corrected chi connectivity index (χ0v) is 11.1. The van der Waals surface area contributed by atoms with Crippen molar-refractivity contribution in [3.8, 4) is 0 Å². The summed E-state index contributed by atoms with van der Waals surface area (Å²) in [6.45, 7) is 1.67. The summed E-state index contributed by atoms with van der Waals surface area (Å²) in [5, 5.41) is 13.3. The number of nitro benzene ring substituents is 1. The number of halogens is 1. The average molecular weight is 289 g/mol. The van der Waals surface area contributed by atoms with Gasteiger partial charge in [0.15, 0.2) is 0 Å². The molecule has 3 N–H and O–H groups in total. The first-order chi connectivity index (χ1) is 9.90. The number of amides is 1. The topological polar surface area (TPSA) is 98.3 Å². The highest BCUT2D eigenvalue weighted by molar-refractivity contribution is 6.07. The van der Waals surface area contributed by atoms with Crippen LogP contribution in [0.15, 0.2) is 36.4 Å². The lowest BCUT2D eigenvalue weighted by molar-refractivity contribution is -0.384. The van der Waals surface area contributed by atoms with Gasteiger partial charge >= 0.3 is 0 Å². The van der Waals surface area contributed by atoms with Crippen LogP contribution in [0.5, 0.6) is 0 Å². The minimum Gasteiger partial charge on any atom is -0.398 e. The third-order valence-corrected chi connectivity index (χ3v) is 3.02. The summed E-state index contributed by atoms with van der Waals surface area (Å²) >= 11 is 0. The summed E-state index contributed by atoms with van der Waals surface area (Å²) in [6, 6.07) is 7.74. The lowest BCUT2D eigenvalue weighted by Gasteiger charge is -2.09. The highest BCUT2D eigenvalue weighted by Crippen LogP contribution is 2.26. The van der Waals surface area contributed by atoms with Gasteiger partial charge in [0.2, 0.25) is 0 Å². The van der Waals surface area contributed by atoms with Gasteiger partial charge in [0, 0.05) is 11.3 Å². The lowest BCUT2D eigenvalue weighted by atomic mass is 10.1. The van der Waals surface area contributed by atoms with E-state index in [1.165, 1.54) is 0 Å². The first-order valence-electron chi connectivity index (χ1n) is 6.00. The van der Waals surface area contributed by atoms with E-state index in [4.69, 9.17) is 5.73 Å². The van der Waals surface area contributed by atoms with E-state index >= 15 is 0 Å². The Kier molecular flexibility index (Phi) is 3.84. The largest absolute Gasteiger partial charge is 0.398 e. The minimum absolute atomic E-state index is 0.0757. The van der Waals surface area contributed by atoms with Crippen molar-refractivity contribution in [2.45, 2.75) is 6.92 Å². The highest BCUT2D eigenvalue weighted by atomic mass is 19.1. The average Bonchev–Trinajstić information content (AvgIpc) is 2.43. The number of rotatable bonds is 3. The summed E-state index contributed by atoms with van der Waals surface area (Å²) in [7, 11) is 0. The molecule has 0 unspecified atom stereocenters. The van der Waals surface area contributed by atoms with E-state index in [-0.39, 0.29) is 5.69 Å². The second-order valence-electron chi connectivity index (χ2n) is 4.39. The van der Waals surface area contributed by atoms with Crippen LogP contribution in [0.4, 0.5) is 21.5 Å². The van der Waals surface area contributed by atoms with Crippen LogP contribution in [-0.2, 0) is 0 Å². The van der Waals surface area contributed by atoms with Gasteiger partial charge in [-0.15, -0.1) is 0 Å². The molecule has 2 rings (SSSR count). The van der Waals surface area contributed by atoms with Crippen molar-refractivity contribution in [1.29, 1.82) is 0 Å². The van der Waals surface area contributed by atoms with E-state index in [0.29, 0.717) is 16.8 Å². The fourth-order valence-electron chi connectivity index (χ4n) is 1.85. The van der Waals surface area contributed by atoms with Gasteiger partial charge in [-0.1, -0.05) is 6.07 Å². The van der Waals surface area contributed by atoms with Gasteiger partial charge in [0.25, 0.3) is 11.6 Å². The van der Waals surface area contributed by atoms with E-state index in [0.717, 1.165) is 18.2 Å². The van der Waals surface area contributed by atoms with Crippen molar-refractivity contribution in [3.63, 3.8) is 0 Å². The molecule has 2 aromatic carbocycles. The maximum atomic E-state index is 13.1. The molecule has 0 aromatic heterocycles. The third-order valence-electron chi connectivity index (χ3n) is 3.02. The molecule has 0 aliphatic carbocycles. The summed E-state index contributed by atoms with van der Waals surface area (Å²) in [6.07, 6.45) is 0. The van der Waals surface area contributed by atoms with Crippen molar-refractivity contribution in [2.24, 2.45) is 0 Å². The van der Waals surface area contributed by atoms with Gasteiger partial charge in [-0.25, -0.2) is 4.39 Å². The zero-order chi connectivity index (χ0) is 15.6. The van der Waals surface area contributed by atoms with Crippen molar-refractivity contribution < 1.29 is 14.1 Å². The fraction of sp³-hybridized carbons (Fsp3) is 0.0714. The van der Waals surface area contributed by atoms with Crippen LogP contribution >= 0.6 is 0 Å². The number of nitro groups is 1. The van der Waals surface area contributed by atoms with Crippen LogP contribution < -0.4 is 11.1 Å². The number of carbonyl (C=O) groups is 1. The standard InChI is InChI=1S/C14H12FN3O3/c1-8-10(3-2-4-11(8)16)14(19)17-12-6-5-9(15)7-13(12)18(20)21/h2-7H,16H2,1H3,(H,17,19). The van der Waals surface area contributed by atoms with Crippen LogP contribution in [0.2, 0.25) is 0 Å². The van der Waals surface area contributed by atoms with Crippen LogP contribution in [0.3, 0.4) is 0 Å². The molecule has 0 heterocycles. The normalized spacial score (nSPS) is 10.2. The Balaban J connectivity index is 2.36. The number of hydrogen-bond donors (Lipinski definition) is 2. The van der Waals surface area contributed by atoms with Gasteiger partial charge in [0.1, 0.15) is 11.5 Å². The Morgan fingerprint density at radius 2 is 2.05 bits per heavy atom. The van der Waals surface area contributed by atoms with Crippen LogP contribution in [-0.4, -0.2) is 10.8 Å². The van der Waals surface area contributed by atoms with Gasteiger partial charge in [0.05, 0.1) is 11.0 Å². The first-order valence-corrected chi connectivity index (χ1v) is 6.00. The van der Waals surface area contributed by atoms with Gasteiger partial charge in [-0.3, -0.25) is 14.9 Å². The molecule has 0 aliphatic heterocycles. The lowest BCUT2D eigenvalue weighted by Crippen LogP contribution is -2.15. The molecule has 0 aliphatic rings. The second kappa shape index (κ2) is 5.58. The maximum Gasteiger partial charge on any atom is 0.295 e. The summed E-state index contributed by atoms with van der Waals surface area (Å²) in [5.41, 5.74) is 6.44. The van der Waals surface area contributed by atoms with Crippen LogP contribution in [0, 0.1) is 22.9 Å². The first kappa shape index (κ1) is 14.4. The van der Waals surface area contributed by atoms with Gasteiger partial charge in [-0.05, 0) is 36.8 Å². The van der Waals surface area contributed by atoms with E-state index in [1.54, 1.807) is 25.1 Å². The molecule has 0 bridgehead atoms. The van der Waals surface area contributed by atoms with Gasteiger partial charge < -0.3 is 11.1 Å². The molecule has 21 heavy (non-hydrogen) atoms. The molecule has 0 saturated heterocycles. The number of anilines is 2. The second-order valence-corrected chi connectivity index (χ2v) is 4.39. The van der Waals surface area contributed by atoms with Crippen molar-refractivity contribution in [3.05, 3.63) is 63.5 Å².